The maximum absolute atomic E-state index is 12.6. The van der Waals surface area contributed by atoms with E-state index in [-0.39, 0.29) is 23.7 Å². The highest BCUT2D eigenvalue weighted by Gasteiger charge is 2.22. The number of nitrogens with zero attached hydrogens (tertiary/aromatic N) is 3. The van der Waals surface area contributed by atoms with E-state index < -0.39 is 0 Å². The third kappa shape index (κ3) is 4.72. The van der Waals surface area contributed by atoms with E-state index in [1.54, 1.807) is 4.90 Å². The van der Waals surface area contributed by atoms with Crippen molar-refractivity contribution in [1.29, 1.82) is 0 Å². The van der Waals surface area contributed by atoms with E-state index in [1.807, 2.05) is 30.3 Å². The summed E-state index contributed by atoms with van der Waals surface area (Å²) in [7, 11) is 0. The van der Waals surface area contributed by atoms with Crippen LogP contribution in [0.5, 0.6) is 5.75 Å². The Bertz CT molecular complexity index is 1170. The number of piperazine rings is 1. The second-order valence-electron chi connectivity index (χ2n) is 8.37. The molecule has 0 aliphatic carbocycles. The Morgan fingerprint density at radius 2 is 1.70 bits per heavy atom. The number of para-hydroxylation sites is 2. The average Bonchev–Trinajstić information content (AvgIpc) is 3.27. The van der Waals surface area contributed by atoms with E-state index in [9.17, 15) is 9.59 Å². The highest BCUT2D eigenvalue weighted by molar-refractivity contribution is 5.78. The van der Waals surface area contributed by atoms with Gasteiger partial charge in [-0.05, 0) is 30.2 Å². The van der Waals surface area contributed by atoms with Crippen LogP contribution in [-0.4, -0.2) is 50.1 Å². The molecule has 1 saturated heterocycles. The second-order valence-corrected chi connectivity index (χ2v) is 8.37. The zero-order valence-corrected chi connectivity index (χ0v) is 18.5. The molecule has 1 amide bonds. The average molecular weight is 446 g/mol. The van der Waals surface area contributed by atoms with Crippen molar-refractivity contribution in [2.75, 3.05) is 49.1 Å². The van der Waals surface area contributed by atoms with Crippen molar-refractivity contribution in [3.8, 4) is 5.75 Å². The van der Waals surface area contributed by atoms with Gasteiger partial charge in [0.25, 0.3) is 5.91 Å². The standard InChI is InChI=1S/C26H27N3O4/c30-24-16-22(17-29-11-10-20-6-4-5-9-23(20)29)32-18-25(24)33-19-26(31)28-14-12-27(13-15-28)21-7-2-1-3-8-21/h1-9,16,18H,10-15,17,19H2. The van der Waals surface area contributed by atoms with Gasteiger partial charge in [-0.1, -0.05) is 36.4 Å². The predicted octanol–water partition coefficient (Wildman–Crippen LogP) is 2.93. The van der Waals surface area contributed by atoms with Crippen LogP contribution in [0.1, 0.15) is 11.3 Å². The van der Waals surface area contributed by atoms with Crippen LogP contribution in [0, 0.1) is 0 Å². The minimum atomic E-state index is -0.273. The summed E-state index contributed by atoms with van der Waals surface area (Å²) in [6.07, 6.45) is 2.31. The topological polar surface area (TPSA) is 66.2 Å². The summed E-state index contributed by atoms with van der Waals surface area (Å²) in [6.45, 7) is 4.04. The Balaban J connectivity index is 1.13. The van der Waals surface area contributed by atoms with Gasteiger partial charge in [0.05, 0.1) is 6.54 Å². The molecule has 2 aliphatic rings. The van der Waals surface area contributed by atoms with Crippen LogP contribution < -0.4 is 20.0 Å². The molecular formula is C26H27N3O4. The van der Waals surface area contributed by atoms with Crippen molar-refractivity contribution >= 4 is 17.3 Å². The van der Waals surface area contributed by atoms with E-state index in [0.717, 1.165) is 31.7 Å². The monoisotopic (exact) mass is 445 g/mol. The number of ether oxygens (including phenoxy) is 1. The zero-order chi connectivity index (χ0) is 22.6. The molecule has 0 radical (unpaired) electrons. The number of carbonyl (C=O) groups excluding carboxylic acids is 1. The smallest absolute Gasteiger partial charge is 0.260 e. The van der Waals surface area contributed by atoms with Gasteiger partial charge in [-0.2, -0.15) is 0 Å². The van der Waals surface area contributed by atoms with Gasteiger partial charge in [-0.3, -0.25) is 9.59 Å². The third-order valence-corrected chi connectivity index (χ3v) is 6.29. The molecule has 0 saturated carbocycles. The van der Waals surface area contributed by atoms with Gasteiger partial charge in [-0.25, -0.2) is 0 Å². The summed E-state index contributed by atoms with van der Waals surface area (Å²) in [6, 6.07) is 19.9. The fourth-order valence-corrected chi connectivity index (χ4v) is 4.47. The SMILES string of the molecule is O=C(COc1coc(CN2CCc3ccccc32)cc1=O)N1CCN(c2ccccc2)CC1. The highest BCUT2D eigenvalue weighted by atomic mass is 16.5. The Kier molecular flexibility index (Phi) is 6.02. The van der Waals surface area contributed by atoms with Crippen molar-refractivity contribution < 1.29 is 13.9 Å². The summed E-state index contributed by atoms with van der Waals surface area (Å²) in [5.41, 5.74) is 3.38. The Morgan fingerprint density at radius 1 is 0.939 bits per heavy atom. The lowest BCUT2D eigenvalue weighted by molar-refractivity contribution is -0.133. The summed E-state index contributed by atoms with van der Waals surface area (Å²) in [5, 5.41) is 0. The molecule has 0 atom stereocenters. The number of fused-ring (bicyclic) bond motifs is 1. The lowest BCUT2D eigenvalue weighted by Gasteiger charge is -2.36. The third-order valence-electron chi connectivity index (χ3n) is 6.29. The lowest BCUT2D eigenvalue weighted by Crippen LogP contribution is -2.50. The molecule has 0 spiro atoms. The largest absolute Gasteiger partial charge is 0.477 e. The fourth-order valence-electron chi connectivity index (χ4n) is 4.47. The Labute approximate surface area is 192 Å². The van der Waals surface area contributed by atoms with Crippen LogP contribution in [0.15, 0.2) is 76.1 Å². The molecule has 0 N–H and O–H groups in total. The summed E-state index contributed by atoms with van der Waals surface area (Å²) in [4.78, 5) is 31.3. The van der Waals surface area contributed by atoms with Crippen molar-refractivity contribution in [1.82, 2.24) is 4.90 Å². The van der Waals surface area contributed by atoms with E-state index >= 15 is 0 Å². The van der Waals surface area contributed by atoms with E-state index in [1.165, 1.54) is 23.6 Å². The van der Waals surface area contributed by atoms with Crippen LogP contribution in [0.3, 0.4) is 0 Å². The van der Waals surface area contributed by atoms with Gasteiger partial charge < -0.3 is 23.9 Å². The zero-order valence-electron chi connectivity index (χ0n) is 18.5. The van der Waals surface area contributed by atoms with Crippen molar-refractivity contribution in [3.63, 3.8) is 0 Å². The maximum Gasteiger partial charge on any atom is 0.260 e. The maximum atomic E-state index is 12.6. The minimum absolute atomic E-state index is 0.0665. The van der Waals surface area contributed by atoms with Gasteiger partial charge in [0, 0.05) is 50.2 Å². The molecule has 2 aliphatic heterocycles. The molecule has 5 rings (SSSR count). The number of hydrogen-bond acceptors (Lipinski definition) is 6. The molecule has 7 nitrogen and oxygen atoms in total. The van der Waals surface area contributed by atoms with Gasteiger partial charge in [0.1, 0.15) is 12.0 Å². The van der Waals surface area contributed by atoms with E-state index in [2.05, 4.69) is 34.1 Å². The summed E-state index contributed by atoms with van der Waals surface area (Å²) >= 11 is 0. The fraction of sp³-hybridized carbons (Fsp3) is 0.308. The van der Waals surface area contributed by atoms with Crippen LogP contribution in [-0.2, 0) is 17.8 Å². The number of amides is 1. The van der Waals surface area contributed by atoms with Crippen LogP contribution in [0.25, 0.3) is 0 Å². The highest BCUT2D eigenvalue weighted by Crippen LogP contribution is 2.28. The Morgan fingerprint density at radius 3 is 2.48 bits per heavy atom. The summed E-state index contributed by atoms with van der Waals surface area (Å²) in [5.74, 6) is 0.518. The van der Waals surface area contributed by atoms with Gasteiger partial charge in [-0.15, -0.1) is 0 Å². The van der Waals surface area contributed by atoms with Gasteiger partial charge >= 0.3 is 0 Å². The number of benzene rings is 2. The Hall–Kier alpha value is -3.74. The minimum Gasteiger partial charge on any atom is -0.477 e. The first kappa shape index (κ1) is 21.1. The molecular weight excluding hydrogens is 418 g/mol. The molecule has 1 fully saturated rings. The number of hydrogen-bond donors (Lipinski definition) is 0. The molecule has 3 heterocycles. The summed E-state index contributed by atoms with van der Waals surface area (Å²) < 4.78 is 11.2. The van der Waals surface area contributed by atoms with E-state index in [0.29, 0.717) is 25.4 Å². The first-order valence-electron chi connectivity index (χ1n) is 11.3. The second kappa shape index (κ2) is 9.40. The molecule has 170 valence electrons. The molecule has 1 aromatic heterocycles. The first-order valence-corrected chi connectivity index (χ1v) is 11.3. The first-order chi connectivity index (χ1) is 16.2. The quantitative estimate of drug-likeness (QED) is 0.581. The molecule has 3 aromatic rings. The van der Waals surface area contributed by atoms with Gasteiger partial charge in [0.2, 0.25) is 11.2 Å². The number of rotatable bonds is 6. The number of anilines is 2. The van der Waals surface area contributed by atoms with Crippen LogP contribution >= 0.6 is 0 Å². The molecule has 2 aromatic carbocycles. The van der Waals surface area contributed by atoms with Crippen molar-refractivity contribution in [3.05, 3.63) is 88.5 Å². The lowest BCUT2D eigenvalue weighted by atomic mass is 10.2. The predicted molar refractivity (Wildman–Crippen MR) is 127 cm³/mol. The van der Waals surface area contributed by atoms with Crippen molar-refractivity contribution in [2.24, 2.45) is 0 Å². The molecule has 0 unspecified atom stereocenters. The van der Waals surface area contributed by atoms with Crippen LogP contribution in [0.4, 0.5) is 11.4 Å². The van der Waals surface area contributed by atoms with E-state index in [4.69, 9.17) is 9.15 Å². The van der Waals surface area contributed by atoms with Crippen LogP contribution in [0.2, 0.25) is 0 Å². The molecule has 0 bridgehead atoms. The van der Waals surface area contributed by atoms with Crippen molar-refractivity contribution in [2.45, 2.75) is 13.0 Å². The number of carbonyl (C=O) groups is 1. The normalized spacial score (nSPS) is 15.5. The molecule has 33 heavy (non-hydrogen) atoms. The molecule has 7 heteroatoms. The van der Waals surface area contributed by atoms with Gasteiger partial charge in [0.15, 0.2) is 6.61 Å².